The van der Waals surface area contributed by atoms with Gasteiger partial charge in [0.2, 0.25) is 5.91 Å². The second-order valence-corrected chi connectivity index (χ2v) is 8.95. The number of aliphatic carboxylic acids is 1. The summed E-state index contributed by atoms with van der Waals surface area (Å²) in [5, 5.41) is 16.2. The van der Waals surface area contributed by atoms with Gasteiger partial charge in [0.25, 0.3) is 0 Å². The Morgan fingerprint density at radius 1 is 1.16 bits per heavy atom. The van der Waals surface area contributed by atoms with E-state index in [1.54, 1.807) is 11.3 Å². The summed E-state index contributed by atoms with van der Waals surface area (Å²) in [7, 11) is 0. The zero-order chi connectivity index (χ0) is 22.5. The normalized spacial score (nSPS) is 13.0. The van der Waals surface area contributed by atoms with Crippen LogP contribution in [-0.4, -0.2) is 39.5 Å². The molecule has 0 radical (unpaired) electrons. The van der Waals surface area contributed by atoms with E-state index in [2.05, 4.69) is 58.7 Å². The fraction of sp³-hybridized carbons (Fsp3) is 0.391. The Balaban J connectivity index is 1.76. The van der Waals surface area contributed by atoms with Crippen molar-refractivity contribution >= 4 is 39.2 Å². The lowest BCUT2D eigenvalue weighted by Crippen LogP contribution is -2.45. The highest BCUT2D eigenvalue weighted by Crippen LogP contribution is 2.40. The Morgan fingerprint density at radius 2 is 1.87 bits per heavy atom. The number of thiophene rings is 1. The number of carboxylic acids is 1. The standard InChI is InChI=1S/C23H28N4O3S/c1-5-14(3)20(23(29)30)27-17(28)10-11-24-21-19-18(16-8-6-13(2)7-9-16)15(4)31-22(19)26-12-25-21/h6-9,12,14,20H,5,10-11H2,1-4H3,(H,27,28)(H,29,30)(H,24,25,26). The van der Waals surface area contributed by atoms with Crippen LogP contribution in [-0.2, 0) is 9.59 Å². The van der Waals surface area contributed by atoms with Gasteiger partial charge in [-0.3, -0.25) is 4.79 Å². The van der Waals surface area contributed by atoms with Crippen LogP contribution in [0.3, 0.4) is 0 Å². The molecule has 0 saturated carbocycles. The zero-order valence-corrected chi connectivity index (χ0v) is 19.0. The third-order valence-corrected chi connectivity index (χ3v) is 6.46. The van der Waals surface area contributed by atoms with Gasteiger partial charge in [-0.25, -0.2) is 14.8 Å². The molecule has 31 heavy (non-hydrogen) atoms. The van der Waals surface area contributed by atoms with Crippen LogP contribution in [0.2, 0.25) is 0 Å². The van der Waals surface area contributed by atoms with Crippen LogP contribution in [0, 0.1) is 19.8 Å². The minimum absolute atomic E-state index is 0.137. The number of nitrogens with zero attached hydrogens (tertiary/aromatic N) is 2. The molecule has 164 valence electrons. The number of aryl methyl sites for hydroxylation is 2. The predicted molar refractivity (Wildman–Crippen MR) is 124 cm³/mol. The largest absolute Gasteiger partial charge is 0.480 e. The van der Waals surface area contributed by atoms with Gasteiger partial charge in [-0.15, -0.1) is 11.3 Å². The summed E-state index contributed by atoms with van der Waals surface area (Å²) in [5.74, 6) is -0.772. The summed E-state index contributed by atoms with van der Waals surface area (Å²) in [6.07, 6.45) is 2.34. The summed E-state index contributed by atoms with van der Waals surface area (Å²) in [6.45, 7) is 8.19. The zero-order valence-electron chi connectivity index (χ0n) is 18.2. The molecule has 1 amide bonds. The van der Waals surface area contributed by atoms with E-state index in [4.69, 9.17) is 0 Å². The summed E-state index contributed by atoms with van der Waals surface area (Å²) < 4.78 is 0. The molecule has 0 aliphatic heterocycles. The van der Waals surface area contributed by atoms with Crippen molar-refractivity contribution < 1.29 is 14.7 Å². The van der Waals surface area contributed by atoms with Gasteiger partial charge in [0.05, 0.1) is 5.39 Å². The van der Waals surface area contributed by atoms with Gasteiger partial charge in [0.15, 0.2) is 0 Å². The summed E-state index contributed by atoms with van der Waals surface area (Å²) in [4.78, 5) is 34.6. The lowest BCUT2D eigenvalue weighted by atomic mass is 9.99. The maximum Gasteiger partial charge on any atom is 0.326 e. The van der Waals surface area contributed by atoms with Crippen molar-refractivity contribution in [3.05, 3.63) is 41.0 Å². The second-order valence-electron chi connectivity index (χ2n) is 7.75. The molecule has 0 fully saturated rings. The number of fused-ring (bicyclic) bond motifs is 1. The average Bonchev–Trinajstić information content (AvgIpc) is 3.08. The average molecular weight is 441 g/mol. The number of hydrogen-bond acceptors (Lipinski definition) is 6. The Hall–Kier alpha value is -3.00. The van der Waals surface area contributed by atoms with Gasteiger partial charge in [-0.2, -0.15) is 0 Å². The van der Waals surface area contributed by atoms with Crippen LogP contribution in [0.4, 0.5) is 5.82 Å². The van der Waals surface area contributed by atoms with Gasteiger partial charge in [-0.1, -0.05) is 50.1 Å². The van der Waals surface area contributed by atoms with Crippen molar-refractivity contribution in [3.8, 4) is 11.1 Å². The summed E-state index contributed by atoms with van der Waals surface area (Å²) >= 11 is 1.61. The number of carbonyl (C=O) groups is 2. The van der Waals surface area contributed by atoms with Crippen molar-refractivity contribution in [2.45, 2.75) is 46.6 Å². The molecule has 2 unspecified atom stereocenters. The second kappa shape index (κ2) is 9.87. The predicted octanol–water partition coefficient (Wildman–Crippen LogP) is 4.39. The quantitative estimate of drug-likeness (QED) is 0.456. The fourth-order valence-corrected chi connectivity index (χ4v) is 4.48. The third-order valence-electron chi connectivity index (χ3n) is 5.44. The first-order chi connectivity index (χ1) is 14.8. The molecule has 0 bridgehead atoms. The van der Waals surface area contributed by atoms with E-state index in [-0.39, 0.29) is 18.2 Å². The number of nitrogens with one attached hydrogen (secondary N) is 2. The van der Waals surface area contributed by atoms with Crippen molar-refractivity contribution in [2.75, 3.05) is 11.9 Å². The highest BCUT2D eigenvalue weighted by atomic mass is 32.1. The molecule has 1 aromatic carbocycles. The van der Waals surface area contributed by atoms with Crippen LogP contribution >= 0.6 is 11.3 Å². The number of amides is 1. The topological polar surface area (TPSA) is 104 Å². The van der Waals surface area contributed by atoms with Crippen LogP contribution in [0.25, 0.3) is 21.3 Å². The smallest absolute Gasteiger partial charge is 0.326 e. The van der Waals surface area contributed by atoms with E-state index in [0.29, 0.717) is 18.8 Å². The maximum absolute atomic E-state index is 12.3. The van der Waals surface area contributed by atoms with Crippen LogP contribution < -0.4 is 10.6 Å². The number of hydrogen-bond donors (Lipinski definition) is 3. The van der Waals surface area contributed by atoms with Crippen molar-refractivity contribution in [1.82, 2.24) is 15.3 Å². The molecule has 3 N–H and O–H groups in total. The molecule has 2 heterocycles. The lowest BCUT2D eigenvalue weighted by Gasteiger charge is -2.20. The van der Waals surface area contributed by atoms with Crippen LogP contribution in [0.15, 0.2) is 30.6 Å². The van der Waals surface area contributed by atoms with Gasteiger partial charge in [0, 0.05) is 23.4 Å². The molecular weight excluding hydrogens is 412 g/mol. The van der Waals surface area contributed by atoms with Gasteiger partial charge in [0.1, 0.15) is 23.0 Å². The molecule has 0 saturated heterocycles. The van der Waals surface area contributed by atoms with Gasteiger partial charge < -0.3 is 15.7 Å². The Bertz CT molecular complexity index is 1080. The van der Waals surface area contributed by atoms with Crippen LogP contribution in [0.5, 0.6) is 0 Å². The van der Waals surface area contributed by atoms with E-state index >= 15 is 0 Å². The molecule has 0 spiro atoms. The minimum atomic E-state index is -1.01. The SMILES string of the molecule is CCC(C)C(NC(=O)CCNc1ncnc2sc(C)c(-c3ccc(C)cc3)c12)C(=O)O. The van der Waals surface area contributed by atoms with E-state index < -0.39 is 12.0 Å². The highest BCUT2D eigenvalue weighted by Gasteiger charge is 2.25. The molecule has 7 nitrogen and oxygen atoms in total. The number of benzene rings is 1. The lowest BCUT2D eigenvalue weighted by molar-refractivity contribution is -0.143. The van der Waals surface area contributed by atoms with Gasteiger partial charge in [-0.05, 0) is 25.3 Å². The van der Waals surface area contributed by atoms with E-state index in [9.17, 15) is 14.7 Å². The Labute approximate surface area is 185 Å². The van der Waals surface area contributed by atoms with Crippen molar-refractivity contribution in [3.63, 3.8) is 0 Å². The molecular formula is C23H28N4O3S. The molecule has 0 aliphatic rings. The first-order valence-electron chi connectivity index (χ1n) is 10.4. The molecule has 0 aliphatic carbocycles. The number of rotatable bonds is 9. The number of carboxylic acid groups (broad SMARTS) is 1. The Morgan fingerprint density at radius 3 is 2.52 bits per heavy atom. The van der Waals surface area contributed by atoms with E-state index in [0.717, 1.165) is 26.2 Å². The third kappa shape index (κ3) is 5.19. The fourth-order valence-electron chi connectivity index (χ4n) is 3.47. The molecule has 2 aromatic heterocycles. The van der Waals surface area contributed by atoms with E-state index in [1.165, 1.54) is 11.9 Å². The molecule has 2 atom stereocenters. The number of aromatic nitrogens is 2. The van der Waals surface area contributed by atoms with E-state index in [1.807, 2.05) is 13.8 Å². The molecule has 8 heteroatoms. The maximum atomic E-state index is 12.3. The van der Waals surface area contributed by atoms with Crippen LogP contribution in [0.1, 0.15) is 37.1 Å². The van der Waals surface area contributed by atoms with Gasteiger partial charge >= 0.3 is 5.97 Å². The highest BCUT2D eigenvalue weighted by molar-refractivity contribution is 7.19. The van der Waals surface area contributed by atoms with Crippen molar-refractivity contribution in [1.29, 1.82) is 0 Å². The summed E-state index contributed by atoms with van der Waals surface area (Å²) in [5.41, 5.74) is 3.39. The monoisotopic (exact) mass is 440 g/mol. The summed E-state index contributed by atoms with van der Waals surface area (Å²) in [6, 6.07) is 7.46. The molecule has 3 aromatic rings. The minimum Gasteiger partial charge on any atom is -0.480 e. The number of anilines is 1. The number of carbonyl (C=O) groups excluding carboxylic acids is 1. The van der Waals surface area contributed by atoms with Crippen molar-refractivity contribution in [2.24, 2.45) is 5.92 Å². The first-order valence-corrected chi connectivity index (χ1v) is 11.2. The first kappa shape index (κ1) is 22.7. The Kier molecular flexibility index (Phi) is 7.22. The molecule has 3 rings (SSSR count).